The highest BCUT2D eigenvalue weighted by atomic mass is 16.3. The Morgan fingerprint density at radius 3 is 2.31 bits per heavy atom. The predicted octanol–water partition coefficient (Wildman–Crippen LogP) is 4.72. The Labute approximate surface area is 205 Å². The molecule has 9 nitrogen and oxygen atoms in total. The minimum atomic E-state index is -1.06. The fraction of sp³-hybridized carbons (Fsp3) is 0.385. The number of carbonyl (C=O) groups is 2. The number of amides is 3. The van der Waals surface area contributed by atoms with Crippen LogP contribution in [-0.4, -0.2) is 39.2 Å². The van der Waals surface area contributed by atoms with Crippen molar-refractivity contribution in [2.24, 2.45) is 5.41 Å². The molecule has 0 unspecified atom stereocenters. The molecular formula is C26H32N6O3. The van der Waals surface area contributed by atoms with E-state index >= 15 is 0 Å². The van der Waals surface area contributed by atoms with Gasteiger partial charge in [-0.15, -0.1) is 0 Å². The van der Waals surface area contributed by atoms with E-state index < -0.39 is 11.6 Å². The number of anilines is 3. The molecule has 3 amide bonds. The van der Waals surface area contributed by atoms with Crippen molar-refractivity contribution >= 4 is 40.3 Å². The van der Waals surface area contributed by atoms with E-state index in [0.717, 1.165) is 0 Å². The van der Waals surface area contributed by atoms with E-state index in [-0.39, 0.29) is 23.8 Å². The average molecular weight is 477 g/mol. The second-order valence-electron chi connectivity index (χ2n) is 10.5. The number of nitrogens with zero attached hydrogens (tertiary/aromatic N) is 4. The fourth-order valence-corrected chi connectivity index (χ4v) is 3.58. The number of aromatic nitrogens is 2. The first-order valence-electron chi connectivity index (χ1n) is 11.3. The molecular weight excluding hydrogens is 444 g/mol. The van der Waals surface area contributed by atoms with Gasteiger partial charge in [0.25, 0.3) is 0 Å². The van der Waals surface area contributed by atoms with Crippen molar-refractivity contribution in [2.75, 3.05) is 22.6 Å². The highest BCUT2D eigenvalue weighted by molar-refractivity contribution is 6.00. The third kappa shape index (κ3) is 6.80. The van der Waals surface area contributed by atoms with Gasteiger partial charge in [0, 0.05) is 24.8 Å². The molecule has 35 heavy (non-hydrogen) atoms. The molecule has 1 heterocycles. The Morgan fingerprint density at radius 2 is 1.74 bits per heavy atom. The van der Waals surface area contributed by atoms with Crippen LogP contribution in [0.4, 0.5) is 22.1 Å². The second kappa shape index (κ2) is 9.76. The molecule has 0 aliphatic carbocycles. The Kier molecular flexibility index (Phi) is 7.17. The summed E-state index contributed by atoms with van der Waals surface area (Å²) < 4.78 is 1.73. The lowest BCUT2D eigenvalue weighted by Gasteiger charge is -2.23. The van der Waals surface area contributed by atoms with Gasteiger partial charge in [-0.3, -0.25) is 10.1 Å². The average Bonchev–Trinajstić information content (AvgIpc) is 3.07. The number of benzene rings is 2. The number of imidazole rings is 1. The molecule has 3 N–H and O–H groups in total. The zero-order valence-electron chi connectivity index (χ0n) is 21.0. The van der Waals surface area contributed by atoms with Crippen LogP contribution in [0.25, 0.3) is 11.0 Å². The molecule has 9 heteroatoms. The van der Waals surface area contributed by atoms with Crippen molar-refractivity contribution in [3.8, 4) is 6.07 Å². The van der Waals surface area contributed by atoms with Crippen molar-refractivity contribution in [3.05, 3.63) is 48.0 Å². The maximum absolute atomic E-state index is 12.7. The lowest BCUT2D eigenvalue weighted by atomic mass is 9.91. The van der Waals surface area contributed by atoms with Gasteiger partial charge in [0.2, 0.25) is 11.9 Å². The third-order valence-electron chi connectivity index (χ3n) is 5.22. The zero-order valence-corrected chi connectivity index (χ0v) is 21.0. The van der Waals surface area contributed by atoms with Gasteiger partial charge in [0.15, 0.2) is 0 Å². The molecule has 3 aromatic rings. The summed E-state index contributed by atoms with van der Waals surface area (Å²) in [6.07, 6.45) is 0.400. The maximum Gasteiger partial charge on any atom is 0.326 e. The first kappa shape index (κ1) is 25.7. The number of nitrogens with one attached hydrogen (secondary N) is 2. The summed E-state index contributed by atoms with van der Waals surface area (Å²) in [5.74, 6) is 0.252. The number of rotatable bonds is 6. The van der Waals surface area contributed by atoms with Crippen molar-refractivity contribution in [3.63, 3.8) is 0 Å². The van der Waals surface area contributed by atoms with Gasteiger partial charge in [-0.25, -0.2) is 9.78 Å². The second-order valence-corrected chi connectivity index (χ2v) is 10.5. The summed E-state index contributed by atoms with van der Waals surface area (Å²) in [4.78, 5) is 31.6. The molecule has 184 valence electrons. The minimum absolute atomic E-state index is 0.00656. The molecule has 0 bridgehead atoms. The van der Waals surface area contributed by atoms with E-state index in [9.17, 15) is 14.7 Å². The van der Waals surface area contributed by atoms with Crippen molar-refractivity contribution in [2.45, 2.75) is 53.2 Å². The number of urea groups is 1. The fourth-order valence-electron chi connectivity index (χ4n) is 3.58. The van der Waals surface area contributed by atoms with Gasteiger partial charge in [0.1, 0.15) is 0 Å². The lowest BCUT2D eigenvalue weighted by Crippen LogP contribution is -2.29. The first-order chi connectivity index (χ1) is 16.3. The van der Waals surface area contributed by atoms with Crippen LogP contribution in [0.1, 0.15) is 46.6 Å². The van der Waals surface area contributed by atoms with E-state index in [0.29, 0.717) is 34.4 Å². The summed E-state index contributed by atoms with van der Waals surface area (Å²) in [6, 6.07) is 13.4. The quantitative estimate of drug-likeness (QED) is 0.475. The van der Waals surface area contributed by atoms with Crippen LogP contribution in [0.3, 0.4) is 0 Å². The molecule has 0 saturated carbocycles. The topological polar surface area (TPSA) is 123 Å². The number of fused-ring (bicyclic) bond motifs is 1. The minimum Gasteiger partial charge on any atom is -0.389 e. The number of aliphatic hydroxyl groups is 1. The smallest absolute Gasteiger partial charge is 0.326 e. The Bertz CT molecular complexity index is 1270. The van der Waals surface area contributed by atoms with Gasteiger partial charge in [-0.1, -0.05) is 20.8 Å². The molecule has 0 aliphatic heterocycles. The van der Waals surface area contributed by atoms with E-state index in [1.165, 1.54) is 0 Å². The molecule has 0 aliphatic rings. The van der Waals surface area contributed by atoms with Crippen LogP contribution in [0.2, 0.25) is 0 Å². The van der Waals surface area contributed by atoms with Gasteiger partial charge in [0.05, 0.1) is 34.8 Å². The summed E-state index contributed by atoms with van der Waals surface area (Å²) in [6.45, 7) is 9.58. The SMILES string of the molecule is CN(C(=O)CC(C)(C)C)c1ccc2c(c1)nc(NC(=O)Nc1ccc(C#N)cc1)n2CC(C)(C)O. The monoisotopic (exact) mass is 476 g/mol. The molecule has 2 aromatic carbocycles. The summed E-state index contributed by atoms with van der Waals surface area (Å²) >= 11 is 0. The Hall–Kier alpha value is -3.90. The normalized spacial score (nSPS) is 11.7. The lowest BCUT2D eigenvalue weighted by molar-refractivity contribution is -0.120. The standard InChI is InChI=1S/C26H32N6O3/c1-25(2,3)14-22(33)31(6)19-11-12-21-20(13-19)29-23(32(21)16-26(4,5)35)30-24(34)28-18-9-7-17(15-27)8-10-18/h7-13,35H,14,16H2,1-6H3,(H2,28,29,30,34). The molecule has 0 saturated heterocycles. The zero-order chi connectivity index (χ0) is 26.0. The van der Waals surface area contributed by atoms with Crippen LogP contribution < -0.4 is 15.5 Å². The Morgan fingerprint density at radius 1 is 1.09 bits per heavy atom. The molecule has 0 atom stereocenters. The Balaban J connectivity index is 1.90. The highest BCUT2D eigenvalue weighted by Gasteiger charge is 2.23. The maximum atomic E-state index is 12.7. The van der Waals surface area contributed by atoms with Crippen LogP contribution >= 0.6 is 0 Å². The van der Waals surface area contributed by atoms with E-state index in [4.69, 9.17) is 5.26 Å². The van der Waals surface area contributed by atoms with E-state index in [2.05, 4.69) is 15.6 Å². The van der Waals surface area contributed by atoms with Gasteiger partial charge in [-0.05, 0) is 61.7 Å². The van der Waals surface area contributed by atoms with Crippen molar-refractivity contribution in [1.82, 2.24) is 9.55 Å². The largest absolute Gasteiger partial charge is 0.389 e. The van der Waals surface area contributed by atoms with Gasteiger partial charge < -0.3 is 19.9 Å². The number of hydrogen-bond donors (Lipinski definition) is 3. The van der Waals surface area contributed by atoms with Crippen molar-refractivity contribution in [1.29, 1.82) is 5.26 Å². The summed E-state index contributed by atoms with van der Waals surface area (Å²) in [7, 11) is 1.73. The van der Waals surface area contributed by atoms with Gasteiger partial charge >= 0.3 is 6.03 Å². The molecule has 0 spiro atoms. The van der Waals surface area contributed by atoms with E-state index in [1.807, 2.05) is 39.0 Å². The number of carbonyl (C=O) groups excluding carboxylic acids is 2. The van der Waals surface area contributed by atoms with Crippen LogP contribution in [-0.2, 0) is 11.3 Å². The summed E-state index contributed by atoms with van der Waals surface area (Å²) in [5, 5.41) is 24.8. The summed E-state index contributed by atoms with van der Waals surface area (Å²) in [5.41, 5.74) is 1.79. The van der Waals surface area contributed by atoms with Crippen LogP contribution in [0.15, 0.2) is 42.5 Å². The molecule has 3 rings (SSSR count). The predicted molar refractivity (Wildman–Crippen MR) is 137 cm³/mol. The van der Waals surface area contributed by atoms with E-state index in [1.54, 1.807) is 60.7 Å². The molecule has 0 radical (unpaired) electrons. The van der Waals surface area contributed by atoms with Crippen LogP contribution in [0, 0.1) is 16.7 Å². The van der Waals surface area contributed by atoms with Crippen LogP contribution in [0.5, 0.6) is 0 Å². The first-order valence-corrected chi connectivity index (χ1v) is 11.3. The molecule has 1 aromatic heterocycles. The van der Waals surface area contributed by atoms with Gasteiger partial charge in [-0.2, -0.15) is 5.26 Å². The number of nitriles is 1. The number of hydrogen-bond acceptors (Lipinski definition) is 5. The molecule has 0 fully saturated rings. The highest BCUT2D eigenvalue weighted by Crippen LogP contribution is 2.28. The van der Waals surface area contributed by atoms with Crippen molar-refractivity contribution < 1.29 is 14.7 Å². The third-order valence-corrected chi connectivity index (χ3v) is 5.22.